The summed E-state index contributed by atoms with van der Waals surface area (Å²) >= 11 is 0. The minimum absolute atomic E-state index is 0.341. The fourth-order valence-corrected chi connectivity index (χ4v) is 4.74. The highest BCUT2D eigenvalue weighted by molar-refractivity contribution is 5.10. The van der Waals surface area contributed by atoms with Crippen LogP contribution in [0, 0.1) is 11.3 Å². The van der Waals surface area contributed by atoms with Crippen molar-refractivity contribution in [2.24, 2.45) is 11.3 Å². The molecule has 110 valence electrons. The molecule has 0 amide bonds. The van der Waals surface area contributed by atoms with Crippen LogP contribution in [0.4, 0.5) is 0 Å². The van der Waals surface area contributed by atoms with Gasteiger partial charge in [-0.15, -0.1) is 0 Å². The van der Waals surface area contributed by atoms with E-state index in [0.717, 1.165) is 18.6 Å². The molecule has 0 aromatic carbocycles. The Hall–Kier alpha value is -0.0800. The first-order valence-corrected chi connectivity index (χ1v) is 8.57. The Morgan fingerprint density at radius 1 is 0.895 bits per heavy atom. The van der Waals surface area contributed by atoms with Gasteiger partial charge in [0.25, 0.3) is 0 Å². The number of ether oxygens (including phenoxy) is 1. The van der Waals surface area contributed by atoms with Gasteiger partial charge >= 0.3 is 0 Å². The van der Waals surface area contributed by atoms with Crippen molar-refractivity contribution < 1.29 is 4.74 Å². The zero-order chi connectivity index (χ0) is 13.3. The summed E-state index contributed by atoms with van der Waals surface area (Å²) in [7, 11) is 0. The lowest BCUT2D eigenvalue weighted by molar-refractivity contribution is -0.194. The van der Waals surface area contributed by atoms with Crippen LogP contribution >= 0.6 is 0 Å². The molecule has 3 unspecified atom stereocenters. The normalized spacial score (nSPS) is 39.8. The van der Waals surface area contributed by atoms with E-state index in [-0.39, 0.29) is 0 Å². The SMILES string of the molecule is CC1(C)C(NC2CCCCCCC2)C2CCCOC21. The smallest absolute Gasteiger partial charge is 0.0684 e. The van der Waals surface area contributed by atoms with Crippen LogP contribution < -0.4 is 5.32 Å². The van der Waals surface area contributed by atoms with Crippen LogP contribution in [-0.4, -0.2) is 24.8 Å². The third-order valence-electron chi connectivity index (χ3n) is 5.85. The Morgan fingerprint density at radius 3 is 2.32 bits per heavy atom. The first-order valence-electron chi connectivity index (χ1n) is 8.57. The Bertz CT molecular complexity index is 294. The van der Waals surface area contributed by atoms with Gasteiger partial charge in [0.1, 0.15) is 0 Å². The summed E-state index contributed by atoms with van der Waals surface area (Å²) in [5.74, 6) is 0.786. The van der Waals surface area contributed by atoms with Crippen molar-refractivity contribution in [3.63, 3.8) is 0 Å². The minimum Gasteiger partial charge on any atom is -0.377 e. The van der Waals surface area contributed by atoms with Gasteiger partial charge in [0, 0.05) is 30.0 Å². The highest BCUT2D eigenvalue weighted by Gasteiger charge is 2.57. The highest BCUT2D eigenvalue weighted by atomic mass is 16.5. The second kappa shape index (κ2) is 5.73. The summed E-state index contributed by atoms with van der Waals surface area (Å²) < 4.78 is 6.02. The molecule has 19 heavy (non-hydrogen) atoms. The van der Waals surface area contributed by atoms with Crippen LogP contribution in [0.15, 0.2) is 0 Å². The van der Waals surface area contributed by atoms with E-state index in [9.17, 15) is 0 Å². The predicted molar refractivity (Wildman–Crippen MR) is 79.3 cm³/mol. The molecule has 2 aliphatic carbocycles. The lowest BCUT2D eigenvalue weighted by Gasteiger charge is -2.61. The first-order chi connectivity index (χ1) is 9.19. The molecular formula is C17H31NO. The topological polar surface area (TPSA) is 21.3 Å². The Balaban J connectivity index is 1.58. The molecule has 3 rings (SSSR count). The summed E-state index contributed by atoms with van der Waals surface area (Å²) in [5.41, 5.74) is 0.341. The number of fused-ring (bicyclic) bond motifs is 1. The second-order valence-corrected chi connectivity index (χ2v) is 7.61. The molecule has 1 saturated heterocycles. The zero-order valence-corrected chi connectivity index (χ0v) is 12.8. The summed E-state index contributed by atoms with van der Waals surface area (Å²) in [6.45, 7) is 5.79. The van der Waals surface area contributed by atoms with Crippen LogP contribution in [0.2, 0.25) is 0 Å². The lowest BCUT2D eigenvalue weighted by atomic mass is 9.55. The molecule has 2 heteroatoms. The largest absolute Gasteiger partial charge is 0.377 e. The average Bonchev–Trinajstić information content (AvgIpc) is 2.37. The highest BCUT2D eigenvalue weighted by Crippen LogP contribution is 2.51. The monoisotopic (exact) mass is 265 g/mol. The van der Waals surface area contributed by atoms with Gasteiger partial charge in [-0.1, -0.05) is 46.0 Å². The maximum Gasteiger partial charge on any atom is 0.0684 e. The molecule has 3 fully saturated rings. The van der Waals surface area contributed by atoms with E-state index in [4.69, 9.17) is 4.74 Å². The average molecular weight is 265 g/mol. The molecular weight excluding hydrogens is 234 g/mol. The van der Waals surface area contributed by atoms with Crippen molar-refractivity contribution in [2.75, 3.05) is 6.61 Å². The minimum atomic E-state index is 0.341. The van der Waals surface area contributed by atoms with Crippen LogP contribution in [-0.2, 0) is 4.74 Å². The quantitative estimate of drug-likeness (QED) is 0.818. The van der Waals surface area contributed by atoms with E-state index >= 15 is 0 Å². The maximum atomic E-state index is 6.02. The lowest BCUT2D eigenvalue weighted by Crippen LogP contribution is -2.70. The van der Waals surface area contributed by atoms with E-state index in [2.05, 4.69) is 19.2 Å². The van der Waals surface area contributed by atoms with Crippen molar-refractivity contribution in [3.8, 4) is 0 Å². The van der Waals surface area contributed by atoms with E-state index < -0.39 is 0 Å². The Kier molecular flexibility index (Phi) is 4.19. The number of nitrogens with one attached hydrogen (secondary N) is 1. The summed E-state index contributed by atoms with van der Waals surface area (Å²) in [4.78, 5) is 0. The van der Waals surface area contributed by atoms with Crippen molar-refractivity contribution in [1.82, 2.24) is 5.32 Å². The molecule has 2 nitrogen and oxygen atoms in total. The molecule has 0 bridgehead atoms. The molecule has 1 heterocycles. The molecule has 2 saturated carbocycles. The van der Waals surface area contributed by atoms with Gasteiger partial charge in [-0.2, -0.15) is 0 Å². The van der Waals surface area contributed by atoms with Gasteiger partial charge in [-0.3, -0.25) is 0 Å². The molecule has 1 N–H and O–H groups in total. The molecule has 3 aliphatic rings. The van der Waals surface area contributed by atoms with Crippen molar-refractivity contribution in [1.29, 1.82) is 0 Å². The fourth-order valence-electron chi connectivity index (χ4n) is 4.74. The third-order valence-corrected chi connectivity index (χ3v) is 5.85. The first kappa shape index (κ1) is 13.9. The van der Waals surface area contributed by atoms with E-state index in [1.807, 2.05) is 0 Å². The van der Waals surface area contributed by atoms with Crippen LogP contribution in [0.5, 0.6) is 0 Å². The van der Waals surface area contributed by atoms with E-state index in [1.165, 1.54) is 57.8 Å². The fraction of sp³-hybridized carbons (Fsp3) is 1.00. The Morgan fingerprint density at radius 2 is 1.58 bits per heavy atom. The maximum absolute atomic E-state index is 6.02. The second-order valence-electron chi connectivity index (χ2n) is 7.61. The van der Waals surface area contributed by atoms with Gasteiger partial charge in [0.2, 0.25) is 0 Å². The van der Waals surface area contributed by atoms with Gasteiger partial charge in [-0.25, -0.2) is 0 Å². The predicted octanol–water partition coefficient (Wildman–Crippen LogP) is 3.89. The van der Waals surface area contributed by atoms with Gasteiger partial charge < -0.3 is 10.1 Å². The van der Waals surface area contributed by atoms with Crippen molar-refractivity contribution in [3.05, 3.63) is 0 Å². The molecule has 0 radical (unpaired) electrons. The summed E-state index contributed by atoms with van der Waals surface area (Å²) in [5, 5.41) is 4.03. The zero-order valence-electron chi connectivity index (χ0n) is 12.8. The summed E-state index contributed by atoms with van der Waals surface area (Å²) in [6.07, 6.45) is 13.1. The van der Waals surface area contributed by atoms with E-state index in [1.54, 1.807) is 0 Å². The van der Waals surface area contributed by atoms with E-state index in [0.29, 0.717) is 17.6 Å². The summed E-state index contributed by atoms with van der Waals surface area (Å²) in [6, 6.07) is 1.47. The number of hydrogen-bond acceptors (Lipinski definition) is 2. The molecule has 0 spiro atoms. The number of rotatable bonds is 2. The molecule has 1 aliphatic heterocycles. The van der Waals surface area contributed by atoms with Crippen LogP contribution in [0.3, 0.4) is 0 Å². The molecule has 0 aromatic heterocycles. The van der Waals surface area contributed by atoms with Crippen molar-refractivity contribution >= 4 is 0 Å². The standard InChI is InChI=1S/C17H31NO/c1-17(2)15(14-11-8-12-19-16(14)17)18-13-9-6-4-3-5-7-10-13/h13-16,18H,3-12H2,1-2H3. The van der Waals surface area contributed by atoms with Crippen LogP contribution in [0.1, 0.15) is 71.6 Å². The van der Waals surface area contributed by atoms with Gasteiger partial charge in [0.05, 0.1) is 6.10 Å². The molecule has 3 atom stereocenters. The molecule has 0 aromatic rings. The van der Waals surface area contributed by atoms with Crippen molar-refractivity contribution in [2.45, 2.75) is 89.8 Å². The van der Waals surface area contributed by atoms with Crippen LogP contribution in [0.25, 0.3) is 0 Å². The third kappa shape index (κ3) is 2.71. The Labute approximate surface area is 118 Å². The van der Waals surface area contributed by atoms with Gasteiger partial charge in [0.15, 0.2) is 0 Å². The number of hydrogen-bond donors (Lipinski definition) is 1. The van der Waals surface area contributed by atoms with Gasteiger partial charge in [-0.05, 0) is 25.7 Å².